The van der Waals surface area contributed by atoms with Crippen LogP contribution in [0.5, 0.6) is 5.88 Å². The second kappa shape index (κ2) is 4.71. The molecule has 0 saturated heterocycles. The summed E-state index contributed by atoms with van der Waals surface area (Å²) in [4.78, 5) is 15.9. The third kappa shape index (κ3) is 1.88. The van der Waals surface area contributed by atoms with E-state index in [0.717, 1.165) is 23.1 Å². The zero-order valence-electron chi connectivity index (χ0n) is 10.5. The van der Waals surface area contributed by atoms with E-state index in [1.165, 1.54) is 35.9 Å². The number of ether oxygens (including phenoxy) is 1. The fraction of sp³-hybridized carbons (Fsp3) is 0.333. The van der Waals surface area contributed by atoms with Crippen molar-refractivity contribution in [2.75, 3.05) is 0 Å². The summed E-state index contributed by atoms with van der Waals surface area (Å²) in [5.74, 6) is 0.813. The largest absolute Gasteiger partial charge is 0.440 e. The number of nitrogens with zero attached hydrogens (tertiary/aromatic N) is 4. The minimum absolute atomic E-state index is 0.265. The highest BCUT2D eigenvalue weighted by atomic mass is 32.1. The first-order valence-corrected chi connectivity index (χ1v) is 7.18. The van der Waals surface area contributed by atoms with E-state index in [0.29, 0.717) is 5.88 Å². The summed E-state index contributed by atoms with van der Waals surface area (Å²) < 4.78 is 5.60. The third-order valence-corrected chi connectivity index (χ3v) is 4.53. The second-order valence-electron chi connectivity index (χ2n) is 4.54. The Morgan fingerprint density at radius 2 is 2.25 bits per heavy atom. The standard InChI is InChI=1S/C12H11N5O2S/c1-2-4-8-7(3-1)10-11(13-6-14-12(10)20-8)18-5-9-15-16-17-19-9/h5-6H,1-4H2,(H,15,17). The zero-order chi connectivity index (χ0) is 13.4. The Morgan fingerprint density at radius 1 is 1.30 bits per heavy atom. The van der Waals surface area contributed by atoms with Gasteiger partial charge in [0, 0.05) is 4.88 Å². The molecule has 0 amide bonds. The summed E-state index contributed by atoms with van der Waals surface area (Å²) >= 11 is 1.73. The number of thiophene rings is 1. The molecule has 1 aliphatic heterocycles. The van der Waals surface area contributed by atoms with E-state index in [1.54, 1.807) is 11.3 Å². The van der Waals surface area contributed by atoms with Gasteiger partial charge in [-0.1, -0.05) is 5.11 Å². The van der Waals surface area contributed by atoms with Crippen LogP contribution in [0.25, 0.3) is 10.2 Å². The number of rotatable bonds is 2. The Labute approximate surface area is 118 Å². The molecule has 102 valence electrons. The van der Waals surface area contributed by atoms with Gasteiger partial charge in [-0.15, -0.1) is 16.9 Å². The van der Waals surface area contributed by atoms with Crippen molar-refractivity contribution in [3.8, 4) is 5.88 Å². The fourth-order valence-corrected chi connectivity index (χ4v) is 3.68. The predicted octanol–water partition coefficient (Wildman–Crippen LogP) is 2.65. The van der Waals surface area contributed by atoms with Crippen LogP contribution < -0.4 is 10.3 Å². The molecular formula is C12H11N5O2S. The molecule has 2 aromatic rings. The molecule has 0 radical (unpaired) electrons. The molecule has 0 saturated carbocycles. The van der Waals surface area contributed by atoms with Gasteiger partial charge in [-0.2, -0.15) is 0 Å². The van der Waals surface area contributed by atoms with Gasteiger partial charge in [0.15, 0.2) is 6.26 Å². The summed E-state index contributed by atoms with van der Waals surface area (Å²) in [6.45, 7) is 0. The highest BCUT2D eigenvalue weighted by Crippen LogP contribution is 2.39. The number of nitrogens with one attached hydrogen (secondary N) is 1. The maximum Gasteiger partial charge on any atom is 0.303 e. The van der Waals surface area contributed by atoms with E-state index >= 15 is 0 Å². The Hall–Kier alpha value is -2.22. The predicted molar refractivity (Wildman–Crippen MR) is 71.8 cm³/mol. The SMILES string of the molecule is C(Oc1ncnc2sc3c(c12)CCCC3)=C1N=NNO1. The van der Waals surface area contributed by atoms with Crippen molar-refractivity contribution >= 4 is 21.6 Å². The minimum Gasteiger partial charge on any atom is -0.440 e. The van der Waals surface area contributed by atoms with Crippen molar-refractivity contribution in [1.29, 1.82) is 0 Å². The molecule has 0 unspecified atom stereocenters. The molecule has 2 aromatic heterocycles. The number of aromatic nitrogens is 2. The Bertz CT molecular complexity index is 724. The van der Waals surface area contributed by atoms with E-state index in [2.05, 4.69) is 25.9 Å². The lowest BCUT2D eigenvalue weighted by Gasteiger charge is -2.10. The lowest BCUT2D eigenvalue weighted by molar-refractivity contribution is 0.133. The normalized spacial score (nSPS) is 18.9. The first-order chi connectivity index (χ1) is 9.92. The first-order valence-electron chi connectivity index (χ1n) is 6.36. The van der Waals surface area contributed by atoms with Gasteiger partial charge in [0.25, 0.3) is 0 Å². The molecule has 0 bridgehead atoms. The maximum absolute atomic E-state index is 5.60. The van der Waals surface area contributed by atoms with Crippen LogP contribution in [0.15, 0.2) is 28.8 Å². The summed E-state index contributed by atoms with van der Waals surface area (Å²) in [6, 6.07) is 0. The summed E-state index contributed by atoms with van der Waals surface area (Å²) in [6.07, 6.45) is 7.54. The molecule has 20 heavy (non-hydrogen) atoms. The number of hydrogen-bond donors (Lipinski definition) is 1. The van der Waals surface area contributed by atoms with E-state index in [1.807, 2.05) is 0 Å². The second-order valence-corrected chi connectivity index (χ2v) is 5.62. The molecule has 1 N–H and O–H groups in total. The van der Waals surface area contributed by atoms with Crippen LogP contribution in [0.3, 0.4) is 0 Å². The van der Waals surface area contributed by atoms with Crippen LogP contribution >= 0.6 is 11.3 Å². The lowest BCUT2D eigenvalue weighted by Crippen LogP contribution is -2.00. The summed E-state index contributed by atoms with van der Waals surface area (Å²) in [5, 5.41) is 8.19. The topological polar surface area (TPSA) is 81.0 Å². The van der Waals surface area contributed by atoms with Crippen LogP contribution in [-0.2, 0) is 17.7 Å². The average Bonchev–Trinajstić information content (AvgIpc) is 3.12. The van der Waals surface area contributed by atoms with E-state index in [4.69, 9.17) is 9.57 Å². The maximum atomic E-state index is 5.60. The van der Waals surface area contributed by atoms with E-state index < -0.39 is 0 Å². The Kier molecular flexibility index (Phi) is 2.73. The van der Waals surface area contributed by atoms with Crippen molar-refractivity contribution in [2.45, 2.75) is 25.7 Å². The van der Waals surface area contributed by atoms with Gasteiger partial charge in [-0.25, -0.2) is 9.97 Å². The molecule has 0 atom stereocenters. The van der Waals surface area contributed by atoms with Gasteiger partial charge in [0.05, 0.1) is 5.39 Å². The summed E-state index contributed by atoms with van der Waals surface area (Å²) in [7, 11) is 0. The molecular weight excluding hydrogens is 278 g/mol. The van der Waals surface area contributed by atoms with Gasteiger partial charge in [-0.3, -0.25) is 0 Å². The summed E-state index contributed by atoms with van der Waals surface area (Å²) in [5.41, 5.74) is 3.60. The molecule has 1 aliphatic carbocycles. The number of hydrogen-bond acceptors (Lipinski definition) is 8. The van der Waals surface area contributed by atoms with Crippen LogP contribution in [0, 0.1) is 0 Å². The highest BCUT2D eigenvalue weighted by Gasteiger charge is 2.20. The van der Waals surface area contributed by atoms with Crippen molar-refractivity contribution < 1.29 is 9.57 Å². The number of fused-ring (bicyclic) bond motifs is 3. The van der Waals surface area contributed by atoms with Crippen LogP contribution in [0.1, 0.15) is 23.3 Å². The molecule has 0 spiro atoms. The van der Waals surface area contributed by atoms with Gasteiger partial charge in [0.2, 0.25) is 5.88 Å². The molecule has 7 nitrogen and oxygen atoms in total. The molecule has 0 aromatic carbocycles. The Morgan fingerprint density at radius 3 is 3.15 bits per heavy atom. The van der Waals surface area contributed by atoms with E-state index in [-0.39, 0.29) is 5.88 Å². The molecule has 8 heteroatoms. The molecule has 4 rings (SSSR count). The van der Waals surface area contributed by atoms with Gasteiger partial charge in [-0.05, 0) is 36.5 Å². The van der Waals surface area contributed by atoms with Crippen molar-refractivity contribution in [3.05, 3.63) is 28.9 Å². The van der Waals surface area contributed by atoms with Crippen LogP contribution in [0.4, 0.5) is 0 Å². The van der Waals surface area contributed by atoms with Crippen LogP contribution in [-0.4, -0.2) is 9.97 Å². The molecule has 2 aliphatic rings. The van der Waals surface area contributed by atoms with Crippen molar-refractivity contribution in [2.24, 2.45) is 10.3 Å². The molecule has 0 fully saturated rings. The smallest absolute Gasteiger partial charge is 0.303 e. The zero-order valence-corrected chi connectivity index (χ0v) is 11.3. The van der Waals surface area contributed by atoms with Gasteiger partial charge in [0.1, 0.15) is 11.2 Å². The van der Waals surface area contributed by atoms with Crippen molar-refractivity contribution in [3.63, 3.8) is 0 Å². The lowest BCUT2D eigenvalue weighted by atomic mass is 9.97. The highest BCUT2D eigenvalue weighted by molar-refractivity contribution is 7.18. The first kappa shape index (κ1) is 11.6. The fourth-order valence-electron chi connectivity index (χ4n) is 2.46. The van der Waals surface area contributed by atoms with Gasteiger partial charge >= 0.3 is 5.88 Å². The molecule has 3 heterocycles. The van der Waals surface area contributed by atoms with Crippen LogP contribution in [0.2, 0.25) is 0 Å². The third-order valence-electron chi connectivity index (χ3n) is 3.33. The monoisotopic (exact) mass is 289 g/mol. The van der Waals surface area contributed by atoms with Gasteiger partial charge < -0.3 is 9.57 Å². The average molecular weight is 289 g/mol. The van der Waals surface area contributed by atoms with E-state index in [9.17, 15) is 0 Å². The Balaban J connectivity index is 1.76. The van der Waals surface area contributed by atoms with Crippen molar-refractivity contribution in [1.82, 2.24) is 15.6 Å². The minimum atomic E-state index is 0.265. The number of aryl methyl sites for hydroxylation is 2. The quantitative estimate of drug-likeness (QED) is 0.859.